The Balaban J connectivity index is 1.31. The van der Waals surface area contributed by atoms with Crippen LogP contribution in [-0.4, -0.2) is 25.5 Å². The van der Waals surface area contributed by atoms with E-state index in [4.69, 9.17) is 14.5 Å². The summed E-state index contributed by atoms with van der Waals surface area (Å²) in [6, 6.07) is 40.7. The first-order chi connectivity index (χ1) is 19.8. The van der Waals surface area contributed by atoms with Gasteiger partial charge in [-0.05, 0) is 30.3 Å². The Hall–Kier alpha value is -5.43. The third kappa shape index (κ3) is 2.47. The number of fused-ring (bicyclic) bond motifs is 11. The van der Waals surface area contributed by atoms with E-state index < -0.39 is 0 Å². The van der Waals surface area contributed by atoms with E-state index in [0.29, 0.717) is 6.01 Å². The molecule has 0 unspecified atom stereocenters. The van der Waals surface area contributed by atoms with Crippen LogP contribution in [0.4, 0.5) is 0 Å². The van der Waals surface area contributed by atoms with Crippen LogP contribution in [0.2, 0.25) is 0 Å². The van der Waals surface area contributed by atoms with Gasteiger partial charge in [-0.15, -0.1) is 0 Å². The lowest BCUT2D eigenvalue weighted by Crippen LogP contribution is -2.50. The van der Waals surface area contributed by atoms with Crippen LogP contribution >= 0.6 is 0 Å². The van der Waals surface area contributed by atoms with Crippen molar-refractivity contribution in [2.24, 2.45) is 0 Å². The van der Waals surface area contributed by atoms with Gasteiger partial charge in [-0.2, -0.15) is 4.98 Å². The molecule has 10 rings (SSSR count). The van der Waals surface area contributed by atoms with E-state index in [1.807, 2.05) is 18.2 Å². The highest BCUT2D eigenvalue weighted by Gasteiger charge is 2.44. The number of rotatable bonds is 1. The quantitative estimate of drug-likeness (QED) is 0.220. The number of hydrogen-bond donors (Lipinski definition) is 0. The molecule has 0 fully saturated rings. The van der Waals surface area contributed by atoms with Gasteiger partial charge in [0.1, 0.15) is 11.5 Å². The number of hydrogen-bond acceptors (Lipinski definition) is 3. The van der Waals surface area contributed by atoms with Gasteiger partial charge in [0.05, 0.1) is 33.2 Å². The van der Waals surface area contributed by atoms with Gasteiger partial charge in [0.15, 0.2) is 5.88 Å². The summed E-state index contributed by atoms with van der Waals surface area (Å²) < 4.78 is 20.1. The first-order valence-electron chi connectivity index (χ1n) is 13.4. The fraction of sp³-hybridized carbons (Fsp3) is 0. The molecule has 8 aromatic rings. The summed E-state index contributed by atoms with van der Waals surface area (Å²) in [5.41, 5.74) is 7.29. The van der Waals surface area contributed by atoms with Crippen LogP contribution in [0.3, 0.4) is 0 Å². The molecule has 0 atom stereocenters. The topological polar surface area (TPSA) is 46.1 Å². The van der Waals surface area contributed by atoms with Gasteiger partial charge in [-0.3, -0.25) is 0 Å². The predicted octanol–water partition coefficient (Wildman–Crippen LogP) is 7.09. The number of benzene rings is 5. The summed E-state index contributed by atoms with van der Waals surface area (Å²) in [7, 11) is 0. The third-order valence-corrected chi connectivity index (χ3v) is 8.37. The molecule has 7 heteroatoms. The molecular weight excluding hydrogens is 495 g/mol. The van der Waals surface area contributed by atoms with E-state index in [9.17, 15) is 0 Å². The molecule has 0 saturated carbocycles. The molecule has 3 aromatic heterocycles. The first kappa shape index (κ1) is 20.5. The van der Waals surface area contributed by atoms with Crippen molar-refractivity contribution in [3.63, 3.8) is 0 Å². The lowest BCUT2D eigenvalue weighted by Gasteiger charge is -2.33. The maximum Gasteiger partial charge on any atom is 0.434 e. The maximum atomic E-state index is 6.71. The molecule has 40 heavy (non-hydrogen) atoms. The molecule has 2 aliphatic rings. The van der Waals surface area contributed by atoms with Crippen molar-refractivity contribution in [3.05, 3.63) is 115 Å². The molecule has 0 amide bonds. The maximum absolute atomic E-state index is 6.71. The van der Waals surface area contributed by atoms with Crippen molar-refractivity contribution in [1.82, 2.24) is 18.5 Å². The second kappa shape index (κ2) is 7.15. The normalized spacial score (nSPS) is 13.3. The molecule has 0 saturated heterocycles. The molecule has 186 valence electrons. The number of nitrogens with zero attached hydrogens (tertiary/aromatic N) is 4. The van der Waals surface area contributed by atoms with E-state index in [-0.39, 0.29) is 6.98 Å². The summed E-state index contributed by atoms with van der Waals surface area (Å²) in [5, 5.41) is 3.56. The number of ether oxygens (including phenoxy) is 2. The minimum absolute atomic E-state index is 0.197. The average molecular weight is 514 g/mol. The molecule has 0 radical (unpaired) electrons. The molecule has 0 bridgehead atoms. The first-order valence-corrected chi connectivity index (χ1v) is 13.4. The summed E-state index contributed by atoms with van der Waals surface area (Å²) in [6.45, 7) is -0.197. The van der Waals surface area contributed by atoms with Crippen LogP contribution < -0.4 is 14.9 Å². The van der Waals surface area contributed by atoms with Gasteiger partial charge < -0.3 is 23.0 Å². The standard InChI is InChI=1S/C33H19BN4O2/c1-5-13-25-20(9-1)17-31-37(25)34-32-29(39-31)18-21(19-30(32)40-33-35-24-12-4-8-16-28(24)38(33)34)36-26-14-6-2-10-22(26)23-11-3-7-15-27(23)36/h1-19H. The van der Waals surface area contributed by atoms with Crippen molar-refractivity contribution in [1.29, 1.82) is 0 Å². The predicted molar refractivity (Wildman–Crippen MR) is 159 cm³/mol. The van der Waals surface area contributed by atoms with Gasteiger partial charge in [0, 0.05) is 39.9 Å². The van der Waals surface area contributed by atoms with Crippen molar-refractivity contribution in [2.45, 2.75) is 0 Å². The largest absolute Gasteiger partial charge is 0.442 e. The fourth-order valence-corrected chi connectivity index (χ4v) is 6.74. The highest BCUT2D eigenvalue weighted by Crippen LogP contribution is 2.43. The van der Waals surface area contributed by atoms with Gasteiger partial charge in [-0.25, -0.2) is 0 Å². The zero-order valence-corrected chi connectivity index (χ0v) is 21.2. The van der Waals surface area contributed by atoms with Crippen molar-refractivity contribution < 1.29 is 9.47 Å². The second-order valence-corrected chi connectivity index (χ2v) is 10.5. The Labute approximate surface area is 228 Å². The Morgan fingerprint density at radius 2 is 1.20 bits per heavy atom. The van der Waals surface area contributed by atoms with Gasteiger partial charge in [0.2, 0.25) is 0 Å². The smallest absolute Gasteiger partial charge is 0.434 e. The molecule has 5 heterocycles. The number of imidazole rings is 1. The molecule has 2 aliphatic heterocycles. The highest BCUT2D eigenvalue weighted by molar-refractivity contribution is 6.75. The molecule has 0 aliphatic carbocycles. The lowest BCUT2D eigenvalue weighted by atomic mass is 9.64. The van der Waals surface area contributed by atoms with E-state index >= 15 is 0 Å². The van der Waals surface area contributed by atoms with Gasteiger partial charge >= 0.3 is 6.98 Å². The van der Waals surface area contributed by atoms with Gasteiger partial charge in [-0.1, -0.05) is 66.7 Å². The zero-order valence-electron chi connectivity index (χ0n) is 21.2. The average Bonchev–Trinajstić information content (AvgIpc) is 3.66. The van der Waals surface area contributed by atoms with Crippen LogP contribution in [0.15, 0.2) is 115 Å². The zero-order chi connectivity index (χ0) is 25.9. The Kier molecular flexibility index (Phi) is 3.67. The van der Waals surface area contributed by atoms with Crippen LogP contribution in [0, 0.1) is 0 Å². The molecule has 0 spiro atoms. The van der Waals surface area contributed by atoms with Crippen LogP contribution in [0.5, 0.6) is 23.4 Å². The fourth-order valence-electron chi connectivity index (χ4n) is 6.74. The Bertz CT molecular complexity index is 2200. The number of aromatic nitrogens is 4. The van der Waals surface area contributed by atoms with Crippen LogP contribution in [0.1, 0.15) is 0 Å². The number of para-hydroxylation sites is 5. The molecule has 0 N–H and O–H groups in total. The van der Waals surface area contributed by atoms with E-state index in [0.717, 1.165) is 61.5 Å². The molecule has 5 aromatic carbocycles. The second-order valence-electron chi connectivity index (χ2n) is 10.5. The van der Waals surface area contributed by atoms with Crippen molar-refractivity contribution in [3.8, 4) is 29.1 Å². The van der Waals surface area contributed by atoms with Gasteiger partial charge in [0.25, 0.3) is 6.01 Å². The molecule has 6 nitrogen and oxygen atoms in total. The van der Waals surface area contributed by atoms with Crippen LogP contribution in [0.25, 0.3) is 49.4 Å². The van der Waals surface area contributed by atoms with Crippen LogP contribution in [-0.2, 0) is 0 Å². The molecular formula is C33H19BN4O2. The third-order valence-electron chi connectivity index (χ3n) is 8.37. The summed E-state index contributed by atoms with van der Waals surface area (Å²) in [6.07, 6.45) is 0. The highest BCUT2D eigenvalue weighted by atomic mass is 16.5. The van der Waals surface area contributed by atoms with Crippen molar-refractivity contribution in [2.75, 3.05) is 0 Å². The summed E-state index contributed by atoms with van der Waals surface area (Å²) >= 11 is 0. The van der Waals surface area contributed by atoms with Crippen molar-refractivity contribution >= 4 is 56.2 Å². The lowest BCUT2D eigenvalue weighted by molar-refractivity contribution is 0.416. The summed E-state index contributed by atoms with van der Waals surface area (Å²) in [4.78, 5) is 4.91. The van der Waals surface area contributed by atoms with E-state index in [2.05, 4.69) is 111 Å². The summed E-state index contributed by atoms with van der Waals surface area (Å²) in [5.74, 6) is 2.35. The SMILES string of the molecule is c1ccc2c(c1)cc1n2B2c3c(cc(-n4c5ccccc5c5ccccc54)cc3Oc3nc4ccccc4n32)O1. The minimum Gasteiger partial charge on any atom is -0.442 e. The minimum atomic E-state index is -0.197. The van der Waals surface area contributed by atoms with E-state index in [1.165, 1.54) is 10.8 Å². The Morgan fingerprint density at radius 1 is 0.575 bits per heavy atom. The monoisotopic (exact) mass is 514 g/mol. The van der Waals surface area contributed by atoms with E-state index in [1.54, 1.807) is 0 Å². The Morgan fingerprint density at radius 3 is 1.98 bits per heavy atom.